The third-order valence-corrected chi connectivity index (χ3v) is 5.23. The van der Waals surface area contributed by atoms with Crippen molar-refractivity contribution < 1.29 is 0 Å². The molecule has 1 atom stereocenters. The Labute approximate surface area is 103 Å². The van der Waals surface area contributed by atoms with E-state index in [0.29, 0.717) is 0 Å². The monoisotopic (exact) mass is 248 g/mol. The van der Waals surface area contributed by atoms with Gasteiger partial charge in [-0.1, -0.05) is 72.8 Å². The summed E-state index contributed by atoms with van der Waals surface area (Å²) in [6.45, 7) is 2.16. The van der Waals surface area contributed by atoms with Crippen LogP contribution in [-0.2, 0) is 6.42 Å². The summed E-state index contributed by atoms with van der Waals surface area (Å²) in [4.78, 5) is 0. The highest BCUT2D eigenvalue weighted by molar-refractivity contribution is 7.95. The van der Waals surface area contributed by atoms with Crippen molar-refractivity contribution in [3.63, 3.8) is 0 Å². The van der Waals surface area contributed by atoms with Gasteiger partial charge in [-0.3, -0.25) is 0 Å². The largest absolute Gasteiger partial charge is 0.0859 e. The minimum Gasteiger partial charge on any atom is -0.0859 e. The van der Waals surface area contributed by atoms with E-state index in [1.807, 2.05) is 18.2 Å². The first kappa shape index (κ1) is 11.6. The fourth-order valence-corrected chi connectivity index (χ4v) is 3.39. The van der Waals surface area contributed by atoms with Crippen molar-refractivity contribution in [1.82, 2.24) is 0 Å². The van der Waals surface area contributed by atoms with Gasteiger partial charge in [0.2, 0.25) is 0 Å². The van der Waals surface area contributed by atoms with E-state index in [0.717, 1.165) is 6.42 Å². The predicted octanol–water partition coefficient (Wildman–Crippen LogP) is 3.84. The molecule has 0 radical (unpaired) electrons. The van der Waals surface area contributed by atoms with Crippen molar-refractivity contribution in [3.8, 4) is 0 Å². The predicted molar refractivity (Wildman–Crippen MR) is 74.3 cm³/mol. The molecular formula is C14H14ClP. The van der Waals surface area contributed by atoms with Crippen molar-refractivity contribution in [2.24, 2.45) is 0 Å². The second-order valence-electron chi connectivity index (χ2n) is 3.64. The molecule has 0 spiro atoms. The molecule has 2 rings (SSSR count). The Morgan fingerprint density at radius 2 is 1.44 bits per heavy atom. The second-order valence-corrected chi connectivity index (χ2v) is 6.25. The molecule has 0 aliphatic rings. The number of benzene rings is 2. The number of rotatable bonds is 3. The second kappa shape index (κ2) is 5.48. The van der Waals surface area contributed by atoms with Gasteiger partial charge in [0.15, 0.2) is 0 Å². The highest BCUT2D eigenvalue weighted by Gasteiger charge is 2.09. The van der Waals surface area contributed by atoms with Gasteiger partial charge in [0, 0.05) is 0 Å². The lowest BCUT2D eigenvalue weighted by molar-refractivity contribution is 1.14. The van der Waals surface area contributed by atoms with Crippen LogP contribution in [0.2, 0.25) is 0 Å². The minimum absolute atomic E-state index is 0.716. The lowest BCUT2D eigenvalue weighted by atomic mass is 10.2. The summed E-state index contributed by atoms with van der Waals surface area (Å²) < 4.78 is 0. The Kier molecular flexibility index (Phi) is 3.98. The topological polar surface area (TPSA) is 0 Å². The number of aryl methyl sites for hydroxylation is 1. The SMILES string of the molecule is CCc1ccc(P(Cl)c2ccccc2)cc1. The maximum atomic E-state index is 6.49. The van der Waals surface area contributed by atoms with Crippen LogP contribution >= 0.6 is 18.5 Å². The Balaban J connectivity index is 2.24. The molecule has 0 aliphatic heterocycles. The molecule has 82 valence electrons. The molecule has 0 saturated heterocycles. The maximum Gasteiger partial charge on any atom is 0.0524 e. The van der Waals surface area contributed by atoms with Crippen LogP contribution in [0.15, 0.2) is 54.6 Å². The zero-order valence-corrected chi connectivity index (χ0v) is 10.9. The Morgan fingerprint density at radius 3 is 2.00 bits per heavy atom. The molecule has 2 aromatic carbocycles. The highest BCUT2D eigenvalue weighted by atomic mass is 35.7. The third-order valence-electron chi connectivity index (χ3n) is 2.55. The van der Waals surface area contributed by atoms with Crippen LogP contribution in [-0.4, -0.2) is 0 Å². The molecular weight excluding hydrogens is 235 g/mol. The van der Waals surface area contributed by atoms with Gasteiger partial charge < -0.3 is 0 Å². The average molecular weight is 249 g/mol. The zero-order chi connectivity index (χ0) is 11.4. The Morgan fingerprint density at radius 1 is 0.875 bits per heavy atom. The molecule has 0 aliphatic carbocycles. The van der Waals surface area contributed by atoms with Crippen LogP contribution in [0.5, 0.6) is 0 Å². The van der Waals surface area contributed by atoms with E-state index in [-0.39, 0.29) is 0 Å². The number of halogens is 1. The molecule has 0 bridgehead atoms. The summed E-state index contributed by atoms with van der Waals surface area (Å²) in [5.41, 5.74) is 1.36. The van der Waals surface area contributed by atoms with E-state index < -0.39 is 7.27 Å². The van der Waals surface area contributed by atoms with Gasteiger partial charge in [0.05, 0.1) is 7.27 Å². The van der Waals surface area contributed by atoms with Crippen molar-refractivity contribution in [2.75, 3.05) is 0 Å². The molecule has 0 amide bonds. The molecule has 1 unspecified atom stereocenters. The van der Waals surface area contributed by atoms with Gasteiger partial charge in [-0.2, -0.15) is 0 Å². The first-order valence-corrected chi connectivity index (χ1v) is 7.66. The fraction of sp³-hybridized carbons (Fsp3) is 0.143. The summed E-state index contributed by atoms with van der Waals surface area (Å²) in [6, 6.07) is 18.9. The van der Waals surface area contributed by atoms with Crippen LogP contribution in [0.4, 0.5) is 0 Å². The lowest BCUT2D eigenvalue weighted by Gasteiger charge is -2.10. The van der Waals surface area contributed by atoms with E-state index >= 15 is 0 Å². The molecule has 0 heterocycles. The molecule has 0 N–H and O–H groups in total. The lowest BCUT2D eigenvalue weighted by Crippen LogP contribution is -2.07. The summed E-state index contributed by atoms with van der Waals surface area (Å²) in [5.74, 6) is 0. The van der Waals surface area contributed by atoms with Gasteiger partial charge in [0.1, 0.15) is 0 Å². The van der Waals surface area contributed by atoms with E-state index in [1.165, 1.54) is 16.2 Å². The normalized spacial score (nSPS) is 12.4. The van der Waals surface area contributed by atoms with E-state index in [1.54, 1.807) is 0 Å². The van der Waals surface area contributed by atoms with Gasteiger partial charge in [-0.25, -0.2) is 0 Å². The minimum atomic E-state index is -0.716. The highest BCUT2D eigenvalue weighted by Crippen LogP contribution is 2.38. The molecule has 2 aromatic rings. The van der Waals surface area contributed by atoms with Crippen molar-refractivity contribution in [2.45, 2.75) is 13.3 Å². The van der Waals surface area contributed by atoms with E-state index in [4.69, 9.17) is 11.2 Å². The standard InChI is InChI=1S/C14H14ClP/c1-2-12-8-10-14(11-9-12)16(15)13-6-4-3-5-7-13/h3-11H,2H2,1H3. The van der Waals surface area contributed by atoms with Crippen molar-refractivity contribution in [1.29, 1.82) is 0 Å². The van der Waals surface area contributed by atoms with Crippen LogP contribution < -0.4 is 10.6 Å². The van der Waals surface area contributed by atoms with Gasteiger partial charge in [-0.05, 0) is 22.6 Å². The maximum absolute atomic E-state index is 6.49. The average Bonchev–Trinajstić information content (AvgIpc) is 2.39. The zero-order valence-electron chi connectivity index (χ0n) is 9.23. The summed E-state index contributed by atoms with van der Waals surface area (Å²) >= 11 is 6.49. The van der Waals surface area contributed by atoms with Gasteiger partial charge in [-0.15, -0.1) is 0 Å². The van der Waals surface area contributed by atoms with Crippen LogP contribution in [0.25, 0.3) is 0 Å². The van der Waals surface area contributed by atoms with E-state index in [2.05, 4.69) is 43.3 Å². The molecule has 0 saturated carbocycles. The van der Waals surface area contributed by atoms with Crippen LogP contribution in [0.3, 0.4) is 0 Å². The molecule has 16 heavy (non-hydrogen) atoms. The fourth-order valence-electron chi connectivity index (χ4n) is 1.57. The van der Waals surface area contributed by atoms with Crippen molar-refractivity contribution in [3.05, 3.63) is 60.2 Å². The number of hydrogen-bond acceptors (Lipinski definition) is 0. The van der Waals surface area contributed by atoms with Crippen LogP contribution in [0.1, 0.15) is 12.5 Å². The van der Waals surface area contributed by atoms with E-state index in [9.17, 15) is 0 Å². The Hall–Kier alpha value is -0.840. The van der Waals surface area contributed by atoms with Crippen molar-refractivity contribution >= 4 is 29.1 Å². The first-order chi connectivity index (χ1) is 7.81. The Bertz CT molecular complexity index is 436. The van der Waals surface area contributed by atoms with Crippen LogP contribution in [0, 0.1) is 0 Å². The van der Waals surface area contributed by atoms with Gasteiger partial charge in [0.25, 0.3) is 0 Å². The van der Waals surface area contributed by atoms with Gasteiger partial charge >= 0.3 is 0 Å². The summed E-state index contributed by atoms with van der Waals surface area (Å²) in [5, 5.41) is 2.43. The molecule has 2 heteroatoms. The molecule has 0 aromatic heterocycles. The smallest absolute Gasteiger partial charge is 0.0524 e. The first-order valence-electron chi connectivity index (χ1n) is 5.41. The third kappa shape index (κ3) is 2.64. The quantitative estimate of drug-likeness (QED) is 0.724. The molecule has 0 nitrogen and oxygen atoms in total. The summed E-state index contributed by atoms with van der Waals surface area (Å²) in [7, 11) is -0.716. The molecule has 0 fully saturated rings. The number of hydrogen-bond donors (Lipinski definition) is 0. The summed E-state index contributed by atoms with van der Waals surface area (Å²) in [6.07, 6.45) is 1.08.